The maximum atomic E-state index is 12.2. The number of nitrogens with one attached hydrogen (secondary N) is 1. The molecule has 0 radical (unpaired) electrons. The highest BCUT2D eigenvalue weighted by Gasteiger charge is 2.17. The van der Waals surface area contributed by atoms with Crippen LogP contribution in [0.15, 0.2) is 28.7 Å². The zero-order valence-electron chi connectivity index (χ0n) is 13.6. The highest BCUT2D eigenvalue weighted by atomic mass is 35.5. The number of amides is 1. The zero-order valence-corrected chi connectivity index (χ0v) is 14.3. The summed E-state index contributed by atoms with van der Waals surface area (Å²) >= 11 is 5.86. The molecule has 0 aliphatic rings. The summed E-state index contributed by atoms with van der Waals surface area (Å²) in [5.74, 6) is 0.661. The van der Waals surface area contributed by atoms with Gasteiger partial charge >= 0.3 is 0 Å². The molecule has 2 aromatic rings. The number of benzene rings is 1. The van der Waals surface area contributed by atoms with Gasteiger partial charge in [-0.25, -0.2) is 4.98 Å². The van der Waals surface area contributed by atoms with Gasteiger partial charge in [0.05, 0.1) is 6.10 Å². The average Bonchev–Trinajstić information content (AvgIpc) is 2.89. The average molecular weight is 337 g/mol. The van der Waals surface area contributed by atoms with Gasteiger partial charge < -0.3 is 14.5 Å². The fourth-order valence-electron chi connectivity index (χ4n) is 2.00. The van der Waals surface area contributed by atoms with Gasteiger partial charge in [0, 0.05) is 23.7 Å². The van der Waals surface area contributed by atoms with Gasteiger partial charge in [0.2, 0.25) is 5.89 Å². The van der Waals surface area contributed by atoms with Crippen molar-refractivity contribution in [1.29, 1.82) is 0 Å². The summed E-state index contributed by atoms with van der Waals surface area (Å²) in [6.07, 6.45) is 0.954. The molecule has 1 N–H and O–H groups in total. The van der Waals surface area contributed by atoms with E-state index in [9.17, 15) is 4.79 Å². The first-order valence-corrected chi connectivity index (χ1v) is 7.98. The number of hydrogen-bond acceptors (Lipinski definition) is 4. The van der Waals surface area contributed by atoms with Crippen molar-refractivity contribution in [2.24, 2.45) is 0 Å². The molecule has 1 aromatic heterocycles. The number of oxazole rings is 1. The molecular formula is C17H21ClN2O3. The van der Waals surface area contributed by atoms with E-state index < -0.39 is 0 Å². The van der Waals surface area contributed by atoms with Crippen LogP contribution in [0.25, 0.3) is 11.5 Å². The lowest BCUT2D eigenvalue weighted by atomic mass is 10.2. The first kappa shape index (κ1) is 17.5. The van der Waals surface area contributed by atoms with Gasteiger partial charge in [-0.05, 0) is 51.5 Å². The van der Waals surface area contributed by atoms with Crippen LogP contribution >= 0.6 is 11.6 Å². The van der Waals surface area contributed by atoms with Crippen molar-refractivity contribution in [1.82, 2.24) is 10.3 Å². The second-order valence-electron chi connectivity index (χ2n) is 5.46. The van der Waals surface area contributed by atoms with Crippen molar-refractivity contribution in [3.8, 4) is 11.5 Å². The maximum Gasteiger partial charge on any atom is 0.273 e. The minimum absolute atomic E-state index is 0.199. The summed E-state index contributed by atoms with van der Waals surface area (Å²) in [5, 5.41) is 3.46. The van der Waals surface area contributed by atoms with E-state index >= 15 is 0 Å². The summed E-state index contributed by atoms with van der Waals surface area (Å²) in [6, 6.07) is 7.12. The minimum Gasteiger partial charge on any atom is -0.441 e. The third-order valence-electron chi connectivity index (χ3n) is 3.16. The Bertz CT molecular complexity index is 650. The highest BCUT2D eigenvalue weighted by Crippen LogP contribution is 2.23. The van der Waals surface area contributed by atoms with Gasteiger partial charge in [-0.3, -0.25) is 4.79 Å². The minimum atomic E-state index is -0.240. The molecule has 0 aliphatic heterocycles. The summed E-state index contributed by atoms with van der Waals surface area (Å²) in [6.45, 7) is 6.84. The molecule has 0 saturated carbocycles. The lowest BCUT2D eigenvalue weighted by molar-refractivity contribution is 0.0756. The van der Waals surface area contributed by atoms with E-state index in [-0.39, 0.29) is 12.0 Å². The Labute approximate surface area is 141 Å². The van der Waals surface area contributed by atoms with Crippen LogP contribution in [0, 0.1) is 6.92 Å². The molecule has 0 spiro atoms. The Balaban J connectivity index is 1.95. The monoisotopic (exact) mass is 336 g/mol. The van der Waals surface area contributed by atoms with E-state index in [0.29, 0.717) is 35.5 Å². The lowest BCUT2D eigenvalue weighted by Crippen LogP contribution is -2.26. The number of rotatable bonds is 7. The van der Waals surface area contributed by atoms with Crippen LogP contribution in [0.2, 0.25) is 5.02 Å². The SMILES string of the molecule is Cc1oc(-c2ccc(Cl)cc2)nc1C(=O)NCCCOC(C)C. The number of hydrogen-bond donors (Lipinski definition) is 1. The maximum absolute atomic E-state index is 12.2. The third-order valence-corrected chi connectivity index (χ3v) is 3.41. The summed E-state index contributed by atoms with van der Waals surface area (Å²) in [7, 11) is 0. The van der Waals surface area contributed by atoms with Gasteiger partial charge in [0.15, 0.2) is 5.69 Å². The zero-order chi connectivity index (χ0) is 16.8. The molecule has 1 aromatic carbocycles. The standard InChI is InChI=1S/C17H21ClN2O3/c1-11(2)22-10-4-9-19-16(21)15-12(3)23-17(20-15)13-5-7-14(18)8-6-13/h5-8,11H,4,9-10H2,1-3H3,(H,19,21). The molecular weight excluding hydrogens is 316 g/mol. The van der Waals surface area contributed by atoms with Crippen LogP contribution < -0.4 is 5.32 Å². The van der Waals surface area contributed by atoms with Crippen LogP contribution in [0.5, 0.6) is 0 Å². The molecule has 23 heavy (non-hydrogen) atoms. The topological polar surface area (TPSA) is 64.4 Å². The van der Waals surface area contributed by atoms with Crippen LogP contribution in [0.4, 0.5) is 0 Å². The normalized spacial score (nSPS) is 11.0. The van der Waals surface area contributed by atoms with Gasteiger partial charge in [0.1, 0.15) is 5.76 Å². The summed E-state index contributed by atoms with van der Waals surface area (Å²) in [5.41, 5.74) is 1.08. The summed E-state index contributed by atoms with van der Waals surface area (Å²) in [4.78, 5) is 16.4. The highest BCUT2D eigenvalue weighted by molar-refractivity contribution is 6.30. The van der Waals surface area contributed by atoms with E-state index in [1.807, 2.05) is 13.8 Å². The molecule has 0 bridgehead atoms. The number of halogens is 1. The van der Waals surface area contributed by atoms with Gasteiger partial charge in [-0.2, -0.15) is 0 Å². The molecule has 1 amide bonds. The largest absolute Gasteiger partial charge is 0.441 e. The third kappa shape index (κ3) is 5.08. The number of carbonyl (C=O) groups is 1. The van der Waals surface area contributed by atoms with Gasteiger partial charge in [-0.15, -0.1) is 0 Å². The fraction of sp³-hybridized carbons (Fsp3) is 0.412. The quantitative estimate of drug-likeness (QED) is 0.780. The van der Waals surface area contributed by atoms with E-state index in [1.54, 1.807) is 31.2 Å². The van der Waals surface area contributed by atoms with E-state index in [4.69, 9.17) is 20.8 Å². The number of aromatic nitrogens is 1. The fourth-order valence-corrected chi connectivity index (χ4v) is 2.13. The van der Waals surface area contributed by atoms with Crippen LogP contribution in [-0.4, -0.2) is 30.1 Å². The van der Waals surface area contributed by atoms with E-state index in [2.05, 4.69) is 10.3 Å². The second-order valence-corrected chi connectivity index (χ2v) is 5.90. The first-order chi connectivity index (χ1) is 11.0. The molecule has 1 heterocycles. The van der Waals surface area contributed by atoms with Crippen molar-refractivity contribution in [2.45, 2.75) is 33.3 Å². The van der Waals surface area contributed by atoms with Crippen LogP contribution in [-0.2, 0) is 4.74 Å². The van der Waals surface area contributed by atoms with Crippen molar-refractivity contribution in [2.75, 3.05) is 13.2 Å². The van der Waals surface area contributed by atoms with Crippen molar-refractivity contribution in [3.63, 3.8) is 0 Å². The van der Waals surface area contributed by atoms with Gasteiger partial charge in [-0.1, -0.05) is 11.6 Å². The number of carbonyl (C=O) groups excluding carboxylic acids is 1. The number of aryl methyl sites for hydroxylation is 1. The lowest BCUT2D eigenvalue weighted by Gasteiger charge is -2.07. The molecule has 0 aliphatic carbocycles. The second kappa shape index (κ2) is 8.13. The van der Waals surface area contributed by atoms with Gasteiger partial charge in [0.25, 0.3) is 5.91 Å². The molecule has 6 heteroatoms. The molecule has 0 fully saturated rings. The molecule has 5 nitrogen and oxygen atoms in total. The molecule has 2 rings (SSSR count). The summed E-state index contributed by atoms with van der Waals surface area (Å²) < 4.78 is 11.0. The van der Waals surface area contributed by atoms with E-state index in [1.165, 1.54) is 0 Å². The van der Waals surface area contributed by atoms with Crippen LogP contribution in [0.1, 0.15) is 36.5 Å². The Kier molecular flexibility index (Phi) is 6.19. The Hall–Kier alpha value is -1.85. The Morgan fingerprint density at radius 2 is 2.04 bits per heavy atom. The Morgan fingerprint density at radius 1 is 1.35 bits per heavy atom. The smallest absolute Gasteiger partial charge is 0.273 e. The van der Waals surface area contributed by atoms with Crippen molar-refractivity contribution >= 4 is 17.5 Å². The van der Waals surface area contributed by atoms with E-state index in [0.717, 1.165) is 12.0 Å². The van der Waals surface area contributed by atoms with Crippen molar-refractivity contribution < 1.29 is 13.9 Å². The molecule has 124 valence electrons. The van der Waals surface area contributed by atoms with Crippen LogP contribution in [0.3, 0.4) is 0 Å². The van der Waals surface area contributed by atoms with Crippen molar-refractivity contribution in [3.05, 3.63) is 40.7 Å². The predicted molar refractivity (Wildman–Crippen MR) is 89.7 cm³/mol. The number of ether oxygens (including phenoxy) is 1. The molecule has 0 saturated heterocycles. The first-order valence-electron chi connectivity index (χ1n) is 7.60. The predicted octanol–water partition coefficient (Wildman–Crippen LogP) is 3.85. The molecule has 0 atom stereocenters. The number of nitrogens with zero attached hydrogens (tertiary/aromatic N) is 1. The molecule has 0 unspecified atom stereocenters. The Morgan fingerprint density at radius 3 is 2.70 bits per heavy atom.